The summed E-state index contributed by atoms with van der Waals surface area (Å²) in [5, 5.41) is 5.46. The quantitative estimate of drug-likeness (QED) is 0.828. The number of rotatable bonds is 2. The molecule has 1 aromatic rings. The van der Waals surface area contributed by atoms with Crippen molar-refractivity contribution in [2.75, 3.05) is 18.5 Å². The molecule has 17 heavy (non-hydrogen) atoms. The third kappa shape index (κ3) is 3.17. The number of hydrogen-bond donors (Lipinski definition) is 2. The summed E-state index contributed by atoms with van der Waals surface area (Å²) in [4.78, 5) is 11.6. The van der Waals surface area contributed by atoms with E-state index in [0.717, 1.165) is 6.42 Å². The number of halogens is 1. The fourth-order valence-corrected chi connectivity index (χ4v) is 1.72. The highest BCUT2D eigenvalue weighted by Crippen LogP contribution is 2.13. The maximum absolute atomic E-state index is 13.0. The van der Waals surface area contributed by atoms with E-state index in [2.05, 4.69) is 10.6 Å². The van der Waals surface area contributed by atoms with Gasteiger partial charge in [0, 0.05) is 12.3 Å². The van der Waals surface area contributed by atoms with Gasteiger partial charge in [0.15, 0.2) is 0 Å². The molecule has 1 aromatic carbocycles. The van der Waals surface area contributed by atoms with Gasteiger partial charge in [-0.2, -0.15) is 0 Å². The molecule has 92 valence electrons. The molecule has 0 spiro atoms. The second-order valence-electron chi connectivity index (χ2n) is 4.12. The molecular formula is C12H15FN2O2. The number of carbonyl (C=O) groups is 1. The van der Waals surface area contributed by atoms with Crippen LogP contribution in [0.1, 0.15) is 12.0 Å². The molecular weight excluding hydrogens is 223 g/mol. The van der Waals surface area contributed by atoms with E-state index in [4.69, 9.17) is 4.74 Å². The number of nitrogens with one attached hydrogen (secondary N) is 2. The molecule has 1 aliphatic heterocycles. The Morgan fingerprint density at radius 3 is 3.00 bits per heavy atom. The van der Waals surface area contributed by atoms with Crippen molar-refractivity contribution in [1.82, 2.24) is 5.32 Å². The highest BCUT2D eigenvalue weighted by molar-refractivity contribution is 5.89. The maximum atomic E-state index is 13.0. The summed E-state index contributed by atoms with van der Waals surface area (Å²) in [6.07, 6.45) is 0.829. The lowest BCUT2D eigenvalue weighted by molar-refractivity contribution is 0.189. The summed E-state index contributed by atoms with van der Waals surface area (Å²) >= 11 is 0. The van der Waals surface area contributed by atoms with E-state index in [-0.39, 0.29) is 17.9 Å². The first-order chi connectivity index (χ1) is 8.15. The third-order valence-electron chi connectivity index (χ3n) is 2.68. The molecule has 0 bridgehead atoms. The van der Waals surface area contributed by atoms with E-state index < -0.39 is 0 Å². The molecule has 5 heteroatoms. The van der Waals surface area contributed by atoms with Gasteiger partial charge in [-0.25, -0.2) is 9.18 Å². The Morgan fingerprint density at radius 1 is 1.53 bits per heavy atom. The van der Waals surface area contributed by atoms with Crippen LogP contribution in [0, 0.1) is 12.7 Å². The molecule has 0 aromatic heterocycles. The van der Waals surface area contributed by atoms with Crippen LogP contribution in [0.4, 0.5) is 14.9 Å². The van der Waals surface area contributed by atoms with Crippen molar-refractivity contribution < 1.29 is 13.9 Å². The largest absolute Gasteiger partial charge is 0.379 e. The highest BCUT2D eigenvalue weighted by atomic mass is 19.1. The van der Waals surface area contributed by atoms with Gasteiger partial charge in [-0.3, -0.25) is 0 Å². The van der Waals surface area contributed by atoms with E-state index in [1.807, 2.05) is 0 Å². The van der Waals surface area contributed by atoms with E-state index in [9.17, 15) is 9.18 Å². The van der Waals surface area contributed by atoms with Crippen LogP contribution < -0.4 is 10.6 Å². The number of aryl methyl sites for hydroxylation is 1. The summed E-state index contributed by atoms with van der Waals surface area (Å²) in [5.41, 5.74) is 1.09. The van der Waals surface area contributed by atoms with Crippen LogP contribution in [0.5, 0.6) is 0 Å². The molecule has 2 rings (SSSR count). The maximum Gasteiger partial charge on any atom is 0.319 e. The second-order valence-corrected chi connectivity index (χ2v) is 4.12. The van der Waals surface area contributed by atoms with Crippen molar-refractivity contribution in [3.05, 3.63) is 29.6 Å². The van der Waals surface area contributed by atoms with Gasteiger partial charge in [0.2, 0.25) is 0 Å². The van der Waals surface area contributed by atoms with Crippen molar-refractivity contribution in [3.63, 3.8) is 0 Å². The first kappa shape index (κ1) is 11.9. The summed E-state index contributed by atoms with van der Waals surface area (Å²) in [6, 6.07) is 4.25. The summed E-state index contributed by atoms with van der Waals surface area (Å²) < 4.78 is 18.2. The lowest BCUT2D eigenvalue weighted by Gasteiger charge is -2.12. The zero-order valence-corrected chi connectivity index (χ0v) is 9.63. The Bertz CT molecular complexity index is 417. The molecule has 0 saturated carbocycles. The predicted molar refractivity (Wildman–Crippen MR) is 62.5 cm³/mol. The smallest absolute Gasteiger partial charge is 0.319 e. The molecule has 2 N–H and O–H groups in total. The molecule has 1 fully saturated rings. The Hall–Kier alpha value is -1.62. The predicted octanol–water partition coefficient (Wildman–Crippen LogP) is 2.04. The van der Waals surface area contributed by atoms with E-state index in [1.165, 1.54) is 12.1 Å². The van der Waals surface area contributed by atoms with Crippen LogP contribution >= 0.6 is 0 Å². The van der Waals surface area contributed by atoms with Crippen LogP contribution in [0.25, 0.3) is 0 Å². The van der Waals surface area contributed by atoms with Crippen LogP contribution in [0.3, 0.4) is 0 Å². The van der Waals surface area contributed by atoms with Gasteiger partial charge < -0.3 is 15.4 Å². The van der Waals surface area contributed by atoms with Crippen molar-refractivity contribution in [2.24, 2.45) is 0 Å². The number of ether oxygens (including phenoxy) is 1. The fraction of sp³-hybridized carbons (Fsp3) is 0.417. The normalized spacial score (nSPS) is 19.1. The lowest BCUT2D eigenvalue weighted by atomic mass is 10.2. The monoisotopic (exact) mass is 238 g/mol. The van der Waals surface area contributed by atoms with E-state index in [0.29, 0.717) is 24.5 Å². The first-order valence-corrected chi connectivity index (χ1v) is 5.56. The average Bonchev–Trinajstić information content (AvgIpc) is 2.76. The molecule has 0 radical (unpaired) electrons. The Morgan fingerprint density at radius 2 is 2.35 bits per heavy atom. The van der Waals surface area contributed by atoms with Crippen molar-refractivity contribution in [1.29, 1.82) is 0 Å². The minimum atomic E-state index is -0.286. The van der Waals surface area contributed by atoms with Crippen LogP contribution in [-0.4, -0.2) is 25.3 Å². The Labute approximate surface area is 99.2 Å². The Balaban J connectivity index is 1.90. The third-order valence-corrected chi connectivity index (χ3v) is 2.68. The zero-order chi connectivity index (χ0) is 12.3. The summed E-state index contributed by atoms with van der Waals surface area (Å²) in [7, 11) is 0. The van der Waals surface area contributed by atoms with Gasteiger partial charge in [-0.05, 0) is 37.1 Å². The second kappa shape index (κ2) is 5.14. The number of benzene rings is 1. The van der Waals surface area contributed by atoms with Crippen LogP contribution in [-0.2, 0) is 4.74 Å². The number of anilines is 1. The molecule has 0 aliphatic carbocycles. The molecule has 1 heterocycles. The van der Waals surface area contributed by atoms with Crippen LogP contribution in [0.15, 0.2) is 18.2 Å². The molecule has 2 amide bonds. The number of carbonyl (C=O) groups excluding carboxylic acids is 1. The SMILES string of the molecule is Cc1cc(NC(=O)NC2CCOC2)ccc1F. The van der Waals surface area contributed by atoms with Crippen LogP contribution in [0.2, 0.25) is 0 Å². The average molecular weight is 238 g/mol. The van der Waals surface area contributed by atoms with Gasteiger partial charge in [0.25, 0.3) is 0 Å². The molecule has 1 aliphatic rings. The lowest BCUT2D eigenvalue weighted by Crippen LogP contribution is -2.38. The summed E-state index contributed by atoms with van der Waals surface area (Å²) in [6.45, 7) is 2.89. The standard InChI is InChI=1S/C12H15FN2O2/c1-8-6-9(2-3-11(8)13)14-12(16)15-10-4-5-17-7-10/h2-3,6,10H,4-5,7H2,1H3,(H2,14,15,16). The molecule has 1 atom stereocenters. The molecule has 4 nitrogen and oxygen atoms in total. The number of hydrogen-bond acceptors (Lipinski definition) is 2. The summed E-state index contributed by atoms with van der Waals surface area (Å²) in [5.74, 6) is -0.278. The molecule has 1 saturated heterocycles. The van der Waals surface area contributed by atoms with Gasteiger partial charge in [0.05, 0.1) is 12.6 Å². The minimum Gasteiger partial charge on any atom is -0.379 e. The Kier molecular flexibility index (Phi) is 3.58. The van der Waals surface area contributed by atoms with Crippen molar-refractivity contribution in [3.8, 4) is 0 Å². The van der Waals surface area contributed by atoms with Gasteiger partial charge in [-0.1, -0.05) is 0 Å². The van der Waals surface area contributed by atoms with Crippen molar-refractivity contribution >= 4 is 11.7 Å². The minimum absolute atomic E-state index is 0.0662. The number of urea groups is 1. The van der Waals surface area contributed by atoms with Crippen molar-refractivity contribution in [2.45, 2.75) is 19.4 Å². The zero-order valence-electron chi connectivity index (χ0n) is 9.63. The van der Waals surface area contributed by atoms with E-state index >= 15 is 0 Å². The molecule has 1 unspecified atom stereocenters. The van der Waals surface area contributed by atoms with Gasteiger partial charge in [-0.15, -0.1) is 0 Å². The number of amides is 2. The highest BCUT2D eigenvalue weighted by Gasteiger charge is 2.17. The van der Waals surface area contributed by atoms with Gasteiger partial charge in [0.1, 0.15) is 5.82 Å². The van der Waals surface area contributed by atoms with E-state index in [1.54, 1.807) is 13.0 Å². The fourth-order valence-electron chi connectivity index (χ4n) is 1.72. The first-order valence-electron chi connectivity index (χ1n) is 5.56. The topological polar surface area (TPSA) is 50.4 Å². The van der Waals surface area contributed by atoms with Gasteiger partial charge >= 0.3 is 6.03 Å².